The molecule has 0 aliphatic rings. The summed E-state index contributed by atoms with van der Waals surface area (Å²) in [6.45, 7) is 6.91. The Balaban J connectivity index is 3.15. The SMILES string of the molecule is CCC[CH2][Sn]([CH2]CCC)([CH2]CCC)[c]1ccc(C=O)n1C. The number of aldehydes is 1. The van der Waals surface area contributed by atoms with Crippen molar-refractivity contribution in [2.45, 2.75) is 72.6 Å². The van der Waals surface area contributed by atoms with E-state index >= 15 is 0 Å². The molecule has 0 amide bonds. The summed E-state index contributed by atoms with van der Waals surface area (Å²) in [5, 5.41) is 0. The Morgan fingerprint density at radius 1 is 0.952 bits per heavy atom. The predicted molar refractivity (Wildman–Crippen MR) is 95.3 cm³/mol. The molecule has 0 bridgehead atoms. The third-order valence-corrected chi connectivity index (χ3v) is 20.6. The van der Waals surface area contributed by atoms with Crippen molar-refractivity contribution in [3.63, 3.8) is 0 Å². The Labute approximate surface area is 135 Å². The fourth-order valence-electron chi connectivity index (χ4n) is 3.48. The van der Waals surface area contributed by atoms with Crippen molar-refractivity contribution in [3.05, 3.63) is 17.8 Å². The van der Waals surface area contributed by atoms with Gasteiger partial charge in [-0.15, -0.1) is 0 Å². The maximum absolute atomic E-state index is 11.2. The van der Waals surface area contributed by atoms with Gasteiger partial charge in [-0.3, -0.25) is 0 Å². The number of carbonyl (C=O) groups is 1. The second kappa shape index (κ2) is 9.70. The van der Waals surface area contributed by atoms with Crippen LogP contribution in [0.15, 0.2) is 12.1 Å². The van der Waals surface area contributed by atoms with Crippen molar-refractivity contribution in [3.8, 4) is 0 Å². The molecular weight excluding hydrogens is 365 g/mol. The number of nitrogens with zero attached hydrogens (tertiary/aromatic N) is 1. The summed E-state index contributed by atoms with van der Waals surface area (Å²) >= 11 is -2.36. The molecule has 0 aliphatic carbocycles. The van der Waals surface area contributed by atoms with Gasteiger partial charge < -0.3 is 0 Å². The second-order valence-electron chi connectivity index (χ2n) is 6.41. The van der Waals surface area contributed by atoms with Crippen LogP contribution in [-0.4, -0.2) is 29.2 Å². The van der Waals surface area contributed by atoms with Gasteiger partial charge in [0.2, 0.25) is 0 Å². The van der Waals surface area contributed by atoms with Gasteiger partial charge in [-0.1, -0.05) is 0 Å². The zero-order valence-corrected chi connectivity index (χ0v) is 17.3. The fraction of sp³-hybridized carbons (Fsp3) is 0.722. The van der Waals surface area contributed by atoms with Gasteiger partial charge in [-0.05, 0) is 0 Å². The molecule has 0 saturated heterocycles. The Morgan fingerprint density at radius 3 is 1.76 bits per heavy atom. The molecule has 0 fully saturated rings. The predicted octanol–water partition coefficient (Wildman–Crippen LogP) is 4.89. The number of hydrogen-bond donors (Lipinski definition) is 0. The Bertz CT molecular complexity index is 403. The summed E-state index contributed by atoms with van der Waals surface area (Å²) in [4.78, 5) is 11.2. The van der Waals surface area contributed by atoms with Gasteiger partial charge in [-0.2, -0.15) is 0 Å². The van der Waals surface area contributed by atoms with Crippen LogP contribution in [0.4, 0.5) is 0 Å². The fourth-order valence-corrected chi connectivity index (χ4v) is 20.3. The zero-order chi connectivity index (χ0) is 15.7. The first-order valence-electron chi connectivity index (χ1n) is 8.76. The average molecular weight is 398 g/mol. The van der Waals surface area contributed by atoms with Gasteiger partial charge in [0.15, 0.2) is 0 Å². The number of hydrogen-bond acceptors (Lipinski definition) is 1. The molecule has 0 aliphatic heterocycles. The van der Waals surface area contributed by atoms with Crippen molar-refractivity contribution in [1.82, 2.24) is 4.57 Å². The molecule has 1 aromatic heterocycles. The summed E-state index contributed by atoms with van der Waals surface area (Å²) < 4.78 is 8.19. The summed E-state index contributed by atoms with van der Waals surface area (Å²) in [6.07, 6.45) is 8.99. The van der Waals surface area contributed by atoms with Gasteiger partial charge >= 0.3 is 135 Å². The number of unbranched alkanes of at least 4 members (excludes halogenated alkanes) is 3. The average Bonchev–Trinajstić information content (AvgIpc) is 2.88. The second-order valence-corrected chi connectivity index (χ2v) is 19.5. The topological polar surface area (TPSA) is 22.0 Å². The van der Waals surface area contributed by atoms with Crippen molar-refractivity contribution >= 4 is 28.4 Å². The number of carbonyl (C=O) groups excluding carboxylic acids is 1. The molecule has 2 nitrogen and oxygen atoms in total. The summed E-state index contributed by atoms with van der Waals surface area (Å²) in [5.41, 5.74) is 0.857. The molecule has 0 atom stereocenters. The molecule has 0 spiro atoms. The molecular formula is C18H33NOSn. The third kappa shape index (κ3) is 4.87. The van der Waals surface area contributed by atoms with Crippen LogP contribution in [0.3, 0.4) is 0 Å². The molecule has 0 N–H and O–H groups in total. The van der Waals surface area contributed by atoms with E-state index in [1.165, 1.54) is 51.8 Å². The molecule has 120 valence electrons. The third-order valence-electron chi connectivity index (χ3n) is 4.85. The Hall–Kier alpha value is -0.251. The van der Waals surface area contributed by atoms with E-state index in [1.807, 2.05) is 6.07 Å². The van der Waals surface area contributed by atoms with Crippen LogP contribution >= 0.6 is 0 Å². The molecule has 0 unspecified atom stereocenters. The van der Waals surface area contributed by atoms with Crippen molar-refractivity contribution in [1.29, 1.82) is 0 Å². The van der Waals surface area contributed by atoms with Crippen LogP contribution in [0.1, 0.15) is 69.8 Å². The van der Waals surface area contributed by atoms with E-state index in [0.29, 0.717) is 0 Å². The first-order chi connectivity index (χ1) is 10.1. The molecule has 21 heavy (non-hydrogen) atoms. The van der Waals surface area contributed by atoms with E-state index in [4.69, 9.17) is 0 Å². The molecule has 1 aromatic rings. The zero-order valence-electron chi connectivity index (χ0n) is 14.5. The van der Waals surface area contributed by atoms with E-state index < -0.39 is 18.4 Å². The minimum absolute atomic E-state index is 0.857. The van der Waals surface area contributed by atoms with Gasteiger partial charge in [0.25, 0.3) is 0 Å². The molecule has 1 rings (SSSR count). The van der Waals surface area contributed by atoms with E-state index in [-0.39, 0.29) is 0 Å². The molecule has 3 heteroatoms. The van der Waals surface area contributed by atoms with Crippen LogP contribution in [0.25, 0.3) is 0 Å². The summed E-state index contributed by atoms with van der Waals surface area (Å²) in [5.74, 6) is 0. The normalized spacial score (nSPS) is 11.8. The van der Waals surface area contributed by atoms with Crippen LogP contribution in [0.5, 0.6) is 0 Å². The van der Waals surface area contributed by atoms with E-state index in [9.17, 15) is 4.79 Å². The number of rotatable bonds is 11. The molecule has 1 heterocycles. The molecule has 0 saturated carbocycles. The Kier molecular flexibility index (Phi) is 8.68. The van der Waals surface area contributed by atoms with Crippen LogP contribution in [0, 0.1) is 0 Å². The Morgan fingerprint density at radius 2 is 1.43 bits per heavy atom. The molecule has 0 radical (unpaired) electrons. The van der Waals surface area contributed by atoms with E-state index in [1.54, 1.807) is 3.71 Å². The van der Waals surface area contributed by atoms with Gasteiger partial charge in [0, 0.05) is 0 Å². The van der Waals surface area contributed by atoms with Crippen LogP contribution < -0.4 is 3.71 Å². The number of aromatic nitrogens is 1. The van der Waals surface area contributed by atoms with Gasteiger partial charge in [0.05, 0.1) is 0 Å². The van der Waals surface area contributed by atoms with Crippen LogP contribution in [0.2, 0.25) is 13.3 Å². The maximum atomic E-state index is 11.2. The van der Waals surface area contributed by atoms with Crippen LogP contribution in [-0.2, 0) is 7.05 Å². The standard InChI is InChI=1S/C6H6NO.3C4H9.Sn/c1-7-4-2-3-6(7)5-8;3*1-3-4-2;/h2-3,5H,1H3;3*1,3-4H2,2H3;. The van der Waals surface area contributed by atoms with Crippen molar-refractivity contribution in [2.75, 3.05) is 0 Å². The van der Waals surface area contributed by atoms with Crippen molar-refractivity contribution < 1.29 is 4.79 Å². The molecule has 0 aromatic carbocycles. The van der Waals surface area contributed by atoms with E-state index in [0.717, 1.165) is 12.0 Å². The first kappa shape index (κ1) is 18.8. The quantitative estimate of drug-likeness (QED) is 0.384. The summed E-state index contributed by atoms with van der Waals surface area (Å²) in [6, 6.07) is 4.33. The monoisotopic (exact) mass is 399 g/mol. The minimum atomic E-state index is -2.36. The van der Waals surface area contributed by atoms with Crippen molar-refractivity contribution in [2.24, 2.45) is 7.05 Å². The van der Waals surface area contributed by atoms with Gasteiger partial charge in [-0.25, -0.2) is 0 Å². The van der Waals surface area contributed by atoms with Gasteiger partial charge in [0.1, 0.15) is 0 Å². The first-order valence-corrected chi connectivity index (χ1v) is 16.2. The summed E-state index contributed by atoms with van der Waals surface area (Å²) in [7, 11) is 2.11. The van der Waals surface area contributed by atoms with E-state index in [2.05, 4.69) is 38.5 Å².